The zero-order valence-corrected chi connectivity index (χ0v) is 14.0. The van der Waals surface area contributed by atoms with Crippen LogP contribution in [0.15, 0.2) is 42.5 Å². The van der Waals surface area contributed by atoms with Crippen molar-refractivity contribution in [2.24, 2.45) is 0 Å². The Labute approximate surface area is 137 Å². The van der Waals surface area contributed by atoms with Crippen molar-refractivity contribution in [1.82, 2.24) is 5.32 Å². The van der Waals surface area contributed by atoms with Crippen LogP contribution in [0.1, 0.15) is 31.0 Å². The lowest BCUT2D eigenvalue weighted by molar-refractivity contribution is 0.310. The van der Waals surface area contributed by atoms with Gasteiger partial charge in [0.2, 0.25) is 0 Å². The molecule has 2 aromatic rings. The Kier molecular flexibility index (Phi) is 6.10. The molecule has 0 heterocycles. The van der Waals surface area contributed by atoms with E-state index in [0.29, 0.717) is 6.61 Å². The van der Waals surface area contributed by atoms with Crippen LogP contribution in [0, 0.1) is 0 Å². The average molecular weight is 320 g/mol. The highest BCUT2D eigenvalue weighted by molar-refractivity contribution is 6.30. The van der Waals surface area contributed by atoms with Crippen LogP contribution >= 0.6 is 11.6 Å². The van der Waals surface area contributed by atoms with Crippen LogP contribution in [0.3, 0.4) is 0 Å². The van der Waals surface area contributed by atoms with E-state index in [1.54, 1.807) is 7.11 Å². The van der Waals surface area contributed by atoms with Crippen molar-refractivity contribution in [2.45, 2.75) is 26.4 Å². The summed E-state index contributed by atoms with van der Waals surface area (Å²) in [6.45, 7) is 5.45. The Morgan fingerprint density at radius 2 is 1.95 bits per heavy atom. The second-order valence-electron chi connectivity index (χ2n) is 5.08. The van der Waals surface area contributed by atoms with E-state index in [2.05, 4.69) is 18.3 Å². The first-order valence-corrected chi connectivity index (χ1v) is 7.80. The molecule has 0 saturated heterocycles. The van der Waals surface area contributed by atoms with Crippen molar-refractivity contribution in [3.63, 3.8) is 0 Å². The second-order valence-corrected chi connectivity index (χ2v) is 5.51. The van der Waals surface area contributed by atoms with E-state index < -0.39 is 0 Å². The minimum absolute atomic E-state index is 0.219. The third-order valence-electron chi connectivity index (χ3n) is 3.49. The van der Waals surface area contributed by atoms with Gasteiger partial charge in [0.1, 0.15) is 0 Å². The molecule has 1 atom stereocenters. The molecule has 1 unspecified atom stereocenters. The smallest absolute Gasteiger partial charge is 0.161 e. The van der Waals surface area contributed by atoms with Crippen LogP contribution in [0.5, 0.6) is 11.5 Å². The Hall–Kier alpha value is -1.71. The summed E-state index contributed by atoms with van der Waals surface area (Å²) in [5.41, 5.74) is 2.32. The molecule has 0 spiro atoms. The fourth-order valence-electron chi connectivity index (χ4n) is 2.26. The van der Waals surface area contributed by atoms with Crippen LogP contribution in [0.4, 0.5) is 0 Å². The lowest BCUT2D eigenvalue weighted by atomic mass is 10.1. The maximum atomic E-state index is 6.04. The quantitative estimate of drug-likeness (QED) is 0.809. The molecule has 0 radical (unpaired) electrons. The topological polar surface area (TPSA) is 30.5 Å². The first kappa shape index (κ1) is 16.7. The zero-order chi connectivity index (χ0) is 15.9. The molecular formula is C18H22ClNO2. The van der Waals surface area contributed by atoms with Gasteiger partial charge in [-0.3, -0.25) is 0 Å². The maximum absolute atomic E-state index is 6.04. The molecule has 0 fully saturated rings. The normalized spacial score (nSPS) is 12.0. The predicted molar refractivity (Wildman–Crippen MR) is 90.9 cm³/mol. The van der Waals surface area contributed by atoms with Gasteiger partial charge in [-0.2, -0.15) is 0 Å². The summed E-state index contributed by atoms with van der Waals surface area (Å²) in [7, 11) is 1.65. The Morgan fingerprint density at radius 3 is 2.64 bits per heavy atom. The van der Waals surface area contributed by atoms with E-state index in [0.717, 1.165) is 28.6 Å². The number of hydrogen-bond acceptors (Lipinski definition) is 3. The van der Waals surface area contributed by atoms with E-state index in [4.69, 9.17) is 21.1 Å². The average Bonchev–Trinajstić information content (AvgIpc) is 2.53. The SMILES string of the molecule is CCOc1cc(CNC(C)c2cccc(Cl)c2)ccc1OC. The first-order valence-electron chi connectivity index (χ1n) is 7.42. The van der Waals surface area contributed by atoms with Gasteiger partial charge in [-0.1, -0.05) is 29.8 Å². The summed E-state index contributed by atoms with van der Waals surface area (Å²) in [4.78, 5) is 0. The Balaban J connectivity index is 2.03. The van der Waals surface area contributed by atoms with Gasteiger partial charge in [0, 0.05) is 17.6 Å². The lowest BCUT2D eigenvalue weighted by Crippen LogP contribution is -2.18. The molecule has 2 rings (SSSR count). The molecule has 0 aliphatic carbocycles. The molecule has 0 amide bonds. The van der Waals surface area contributed by atoms with Gasteiger partial charge in [-0.05, 0) is 49.2 Å². The molecule has 2 aromatic carbocycles. The molecule has 0 aliphatic heterocycles. The molecule has 22 heavy (non-hydrogen) atoms. The molecule has 118 valence electrons. The van der Waals surface area contributed by atoms with Crippen LogP contribution in [-0.4, -0.2) is 13.7 Å². The highest BCUT2D eigenvalue weighted by atomic mass is 35.5. The van der Waals surface area contributed by atoms with E-state index >= 15 is 0 Å². The van der Waals surface area contributed by atoms with Crippen LogP contribution in [-0.2, 0) is 6.54 Å². The van der Waals surface area contributed by atoms with Gasteiger partial charge < -0.3 is 14.8 Å². The maximum Gasteiger partial charge on any atom is 0.161 e. The number of benzene rings is 2. The molecule has 0 saturated carbocycles. The van der Waals surface area contributed by atoms with E-state index in [1.165, 1.54) is 5.56 Å². The monoisotopic (exact) mass is 319 g/mol. The van der Waals surface area contributed by atoms with Gasteiger partial charge in [-0.25, -0.2) is 0 Å². The van der Waals surface area contributed by atoms with Crippen LogP contribution in [0.2, 0.25) is 5.02 Å². The summed E-state index contributed by atoms with van der Waals surface area (Å²) in [5, 5.41) is 4.25. The number of halogens is 1. The fraction of sp³-hybridized carbons (Fsp3) is 0.333. The Bertz CT molecular complexity index is 616. The number of methoxy groups -OCH3 is 1. The number of nitrogens with one attached hydrogen (secondary N) is 1. The largest absolute Gasteiger partial charge is 0.493 e. The summed E-state index contributed by atoms with van der Waals surface area (Å²) >= 11 is 6.04. The van der Waals surface area contributed by atoms with E-state index in [1.807, 2.05) is 43.3 Å². The van der Waals surface area contributed by atoms with Crippen LogP contribution < -0.4 is 14.8 Å². The van der Waals surface area contributed by atoms with Crippen LogP contribution in [0.25, 0.3) is 0 Å². The highest BCUT2D eigenvalue weighted by Crippen LogP contribution is 2.28. The number of rotatable bonds is 7. The van der Waals surface area contributed by atoms with Crippen molar-refractivity contribution in [1.29, 1.82) is 0 Å². The molecule has 3 nitrogen and oxygen atoms in total. The minimum Gasteiger partial charge on any atom is -0.493 e. The number of hydrogen-bond donors (Lipinski definition) is 1. The fourth-order valence-corrected chi connectivity index (χ4v) is 2.46. The summed E-state index contributed by atoms with van der Waals surface area (Å²) < 4.78 is 10.9. The van der Waals surface area contributed by atoms with Gasteiger partial charge in [0.15, 0.2) is 11.5 Å². The predicted octanol–water partition coefficient (Wildman–Crippen LogP) is 4.60. The van der Waals surface area contributed by atoms with Crippen molar-refractivity contribution >= 4 is 11.6 Å². The zero-order valence-electron chi connectivity index (χ0n) is 13.2. The van der Waals surface area contributed by atoms with Crippen molar-refractivity contribution in [2.75, 3.05) is 13.7 Å². The summed E-state index contributed by atoms with van der Waals surface area (Å²) in [5.74, 6) is 1.54. The summed E-state index contributed by atoms with van der Waals surface area (Å²) in [6.07, 6.45) is 0. The highest BCUT2D eigenvalue weighted by Gasteiger charge is 2.08. The van der Waals surface area contributed by atoms with Gasteiger partial charge in [0.25, 0.3) is 0 Å². The number of ether oxygens (including phenoxy) is 2. The van der Waals surface area contributed by atoms with Gasteiger partial charge >= 0.3 is 0 Å². The van der Waals surface area contributed by atoms with E-state index in [-0.39, 0.29) is 6.04 Å². The first-order chi connectivity index (χ1) is 10.6. The molecule has 1 N–H and O–H groups in total. The molecule has 4 heteroatoms. The third-order valence-corrected chi connectivity index (χ3v) is 3.72. The molecule has 0 aromatic heterocycles. The van der Waals surface area contributed by atoms with Gasteiger partial charge in [0.05, 0.1) is 13.7 Å². The van der Waals surface area contributed by atoms with Crippen molar-refractivity contribution < 1.29 is 9.47 Å². The van der Waals surface area contributed by atoms with Gasteiger partial charge in [-0.15, -0.1) is 0 Å². The van der Waals surface area contributed by atoms with E-state index in [9.17, 15) is 0 Å². The minimum atomic E-state index is 0.219. The Morgan fingerprint density at radius 1 is 1.14 bits per heavy atom. The standard InChI is InChI=1S/C18H22ClNO2/c1-4-22-18-10-14(8-9-17(18)21-3)12-20-13(2)15-6-5-7-16(19)11-15/h5-11,13,20H,4,12H2,1-3H3. The lowest BCUT2D eigenvalue weighted by Gasteiger charge is -2.16. The second kappa shape index (κ2) is 8.06. The molecular weight excluding hydrogens is 298 g/mol. The summed E-state index contributed by atoms with van der Waals surface area (Å²) in [6, 6.07) is 14.1. The molecule has 0 bridgehead atoms. The third kappa shape index (κ3) is 4.39. The van der Waals surface area contributed by atoms with Crippen molar-refractivity contribution in [3.8, 4) is 11.5 Å². The molecule has 0 aliphatic rings. The van der Waals surface area contributed by atoms with Crippen molar-refractivity contribution in [3.05, 3.63) is 58.6 Å².